The van der Waals surface area contributed by atoms with Gasteiger partial charge in [-0.3, -0.25) is 0 Å². The van der Waals surface area contributed by atoms with Crippen LogP contribution in [0.5, 0.6) is 5.75 Å². The van der Waals surface area contributed by atoms with Crippen LogP contribution < -0.4 is 10.1 Å². The third-order valence-corrected chi connectivity index (χ3v) is 2.74. The normalized spacial score (nSPS) is 24.6. The Morgan fingerprint density at radius 2 is 2.14 bits per heavy atom. The van der Waals surface area contributed by atoms with Gasteiger partial charge >= 0.3 is 0 Å². The molecule has 0 amide bonds. The molecule has 14 heavy (non-hydrogen) atoms. The van der Waals surface area contributed by atoms with Gasteiger partial charge in [0.2, 0.25) is 0 Å². The van der Waals surface area contributed by atoms with Crippen molar-refractivity contribution < 1.29 is 9.13 Å². The first-order valence-electron chi connectivity index (χ1n) is 4.78. The van der Waals surface area contributed by atoms with Crippen molar-refractivity contribution in [2.75, 3.05) is 7.05 Å². The van der Waals surface area contributed by atoms with Gasteiger partial charge < -0.3 is 10.1 Å². The van der Waals surface area contributed by atoms with E-state index in [1.807, 2.05) is 20.0 Å². The summed E-state index contributed by atoms with van der Waals surface area (Å²) in [6.07, 6.45) is -0.00806. The highest BCUT2D eigenvalue weighted by Gasteiger charge is 2.32. The molecular weight excluding hydrogens is 181 g/mol. The Balaban J connectivity index is 2.52. The summed E-state index contributed by atoms with van der Waals surface area (Å²) < 4.78 is 19.1. The zero-order valence-electron chi connectivity index (χ0n) is 8.60. The fourth-order valence-corrected chi connectivity index (χ4v) is 1.93. The second-order valence-electron chi connectivity index (χ2n) is 3.70. The number of benzene rings is 1. The van der Waals surface area contributed by atoms with Crippen molar-refractivity contribution in [2.24, 2.45) is 0 Å². The molecule has 1 N–H and O–H groups in total. The van der Waals surface area contributed by atoms with Gasteiger partial charge in [-0.05, 0) is 26.5 Å². The molecule has 2 atom stereocenters. The number of hydrogen-bond donors (Lipinski definition) is 1. The number of hydrogen-bond acceptors (Lipinski definition) is 2. The van der Waals surface area contributed by atoms with Gasteiger partial charge in [-0.25, -0.2) is 4.39 Å². The summed E-state index contributed by atoms with van der Waals surface area (Å²) in [6.45, 7) is 3.69. The predicted octanol–water partition coefficient (Wildman–Crippen LogP) is 2.18. The minimum Gasteiger partial charge on any atom is -0.485 e. The van der Waals surface area contributed by atoms with Gasteiger partial charge in [0.15, 0.2) is 11.6 Å². The van der Waals surface area contributed by atoms with Crippen molar-refractivity contribution in [1.29, 1.82) is 0 Å². The zero-order valence-corrected chi connectivity index (χ0v) is 8.60. The van der Waals surface area contributed by atoms with E-state index in [4.69, 9.17) is 4.74 Å². The lowest BCUT2D eigenvalue weighted by atomic mass is 10.0. The van der Waals surface area contributed by atoms with Crippen molar-refractivity contribution in [3.8, 4) is 5.75 Å². The van der Waals surface area contributed by atoms with Gasteiger partial charge in [0.25, 0.3) is 0 Å². The van der Waals surface area contributed by atoms with Crippen LogP contribution in [0.3, 0.4) is 0 Å². The van der Waals surface area contributed by atoms with Crippen LogP contribution in [0, 0.1) is 12.7 Å². The molecule has 3 heteroatoms. The second kappa shape index (κ2) is 3.24. The van der Waals surface area contributed by atoms with Crippen LogP contribution in [-0.4, -0.2) is 13.2 Å². The van der Waals surface area contributed by atoms with Crippen LogP contribution in [-0.2, 0) is 0 Å². The smallest absolute Gasteiger partial charge is 0.168 e. The maximum absolute atomic E-state index is 13.6. The van der Waals surface area contributed by atoms with Crippen molar-refractivity contribution >= 4 is 0 Å². The molecule has 1 aliphatic heterocycles. The third-order valence-electron chi connectivity index (χ3n) is 2.74. The van der Waals surface area contributed by atoms with Crippen LogP contribution in [0.4, 0.5) is 4.39 Å². The maximum atomic E-state index is 13.6. The molecule has 2 unspecified atom stereocenters. The molecule has 0 saturated heterocycles. The number of likely N-dealkylation sites (N-methyl/N-ethyl adjacent to an activating group) is 1. The predicted molar refractivity (Wildman–Crippen MR) is 53.0 cm³/mol. The molecule has 0 aromatic heterocycles. The lowest BCUT2D eigenvalue weighted by Crippen LogP contribution is -2.25. The number of halogens is 1. The van der Waals surface area contributed by atoms with Crippen LogP contribution in [0.2, 0.25) is 0 Å². The first kappa shape index (κ1) is 9.46. The quantitative estimate of drug-likeness (QED) is 0.741. The summed E-state index contributed by atoms with van der Waals surface area (Å²) in [5, 5.41) is 3.12. The van der Waals surface area contributed by atoms with E-state index in [1.54, 1.807) is 13.0 Å². The summed E-state index contributed by atoms with van der Waals surface area (Å²) in [7, 11) is 1.86. The minimum absolute atomic E-state index is 0.00806. The van der Waals surface area contributed by atoms with E-state index in [0.29, 0.717) is 11.3 Å². The Hall–Kier alpha value is -1.09. The molecule has 0 radical (unpaired) electrons. The molecule has 76 valence electrons. The Labute approximate surface area is 83.1 Å². The number of aryl methyl sites for hydroxylation is 1. The van der Waals surface area contributed by atoms with E-state index in [2.05, 4.69) is 5.32 Å². The molecule has 1 aromatic rings. The molecule has 1 aromatic carbocycles. The van der Waals surface area contributed by atoms with E-state index in [0.717, 1.165) is 5.56 Å². The lowest BCUT2D eigenvalue weighted by Gasteiger charge is -2.12. The molecular formula is C11H14FNO. The Bertz CT molecular complexity index is 365. The number of fused-ring (bicyclic) bond motifs is 1. The summed E-state index contributed by atoms with van der Waals surface area (Å²) in [6, 6.07) is 3.82. The van der Waals surface area contributed by atoms with Gasteiger partial charge in [0.05, 0.1) is 6.04 Å². The highest BCUT2D eigenvalue weighted by molar-refractivity contribution is 5.44. The van der Waals surface area contributed by atoms with Crippen molar-refractivity contribution in [3.05, 3.63) is 29.1 Å². The van der Waals surface area contributed by atoms with Gasteiger partial charge in [-0.2, -0.15) is 0 Å². The summed E-state index contributed by atoms with van der Waals surface area (Å²) >= 11 is 0. The SMILES string of the molecule is CNC1c2ccc(C)c(F)c2OC1C. The maximum Gasteiger partial charge on any atom is 0.168 e. The molecule has 0 saturated carbocycles. The van der Waals surface area contributed by atoms with Crippen molar-refractivity contribution in [3.63, 3.8) is 0 Å². The minimum atomic E-state index is -0.230. The fourth-order valence-electron chi connectivity index (χ4n) is 1.93. The van der Waals surface area contributed by atoms with Crippen LogP contribution in [0.15, 0.2) is 12.1 Å². The van der Waals surface area contributed by atoms with Crippen LogP contribution in [0.25, 0.3) is 0 Å². The standard InChI is InChI=1S/C11H14FNO/c1-6-4-5-8-10(13-3)7(2)14-11(8)9(6)12/h4-5,7,10,13H,1-3H3. The monoisotopic (exact) mass is 195 g/mol. The van der Waals surface area contributed by atoms with E-state index in [-0.39, 0.29) is 18.0 Å². The van der Waals surface area contributed by atoms with Crippen molar-refractivity contribution in [2.45, 2.75) is 26.0 Å². The van der Waals surface area contributed by atoms with Gasteiger partial charge in [-0.15, -0.1) is 0 Å². The summed E-state index contributed by atoms with van der Waals surface area (Å²) in [5.74, 6) is 0.184. The first-order chi connectivity index (χ1) is 6.65. The molecule has 1 aliphatic rings. The summed E-state index contributed by atoms with van der Waals surface area (Å²) in [5.41, 5.74) is 1.55. The highest BCUT2D eigenvalue weighted by Crippen LogP contribution is 2.39. The Kier molecular flexibility index (Phi) is 2.19. The fraction of sp³-hybridized carbons (Fsp3) is 0.455. The molecule has 0 fully saturated rings. The van der Waals surface area contributed by atoms with E-state index in [9.17, 15) is 4.39 Å². The molecule has 1 heterocycles. The topological polar surface area (TPSA) is 21.3 Å². The Morgan fingerprint density at radius 1 is 1.43 bits per heavy atom. The molecule has 0 bridgehead atoms. The molecule has 0 spiro atoms. The Morgan fingerprint density at radius 3 is 2.79 bits per heavy atom. The average molecular weight is 195 g/mol. The molecule has 2 rings (SSSR count). The number of rotatable bonds is 1. The van der Waals surface area contributed by atoms with E-state index >= 15 is 0 Å². The highest BCUT2D eigenvalue weighted by atomic mass is 19.1. The van der Waals surface area contributed by atoms with Gasteiger partial charge in [-0.1, -0.05) is 12.1 Å². The number of ether oxygens (including phenoxy) is 1. The van der Waals surface area contributed by atoms with Crippen LogP contribution in [0.1, 0.15) is 24.1 Å². The van der Waals surface area contributed by atoms with Gasteiger partial charge in [0, 0.05) is 5.56 Å². The molecule has 2 nitrogen and oxygen atoms in total. The van der Waals surface area contributed by atoms with Crippen molar-refractivity contribution in [1.82, 2.24) is 5.32 Å². The third kappa shape index (κ3) is 1.20. The van der Waals surface area contributed by atoms with Gasteiger partial charge in [0.1, 0.15) is 6.10 Å². The zero-order chi connectivity index (χ0) is 10.3. The number of nitrogens with one attached hydrogen (secondary N) is 1. The van der Waals surface area contributed by atoms with Crippen LogP contribution >= 0.6 is 0 Å². The average Bonchev–Trinajstić information content (AvgIpc) is 2.49. The first-order valence-corrected chi connectivity index (χ1v) is 4.78. The van der Waals surface area contributed by atoms with E-state index < -0.39 is 0 Å². The molecule has 0 aliphatic carbocycles. The largest absolute Gasteiger partial charge is 0.485 e. The van der Waals surface area contributed by atoms with E-state index in [1.165, 1.54) is 0 Å². The lowest BCUT2D eigenvalue weighted by molar-refractivity contribution is 0.207. The second-order valence-corrected chi connectivity index (χ2v) is 3.70. The summed E-state index contributed by atoms with van der Waals surface area (Å²) in [4.78, 5) is 0.